The minimum absolute atomic E-state index is 0.172. The van der Waals surface area contributed by atoms with Crippen molar-refractivity contribution in [1.82, 2.24) is 9.97 Å². The van der Waals surface area contributed by atoms with Gasteiger partial charge in [-0.3, -0.25) is 9.78 Å². The monoisotopic (exact) mass is 481 g/mol. The molecule has 0 aliphatic carbocycles. The molecular formula is C28H24FN5O2. The number of nitrogens with one attached hydrogen (secondary N) is 1. The molecule has 2 N–H and O–H groups in total. The first kappa shape index (κ1) is 24.5. The second-order valence-electron chi connectivity index (χ2n) is 8.04. The number of hydrogen-bond donors (Lipinski definition) is 2. The number of pyridine rings is 2. The van der Waals surface area contributed by atoms with Crippen LogP contribution in [0.3, 0.4) is 0 Å². The lowest BCUT2D eigenvalue weighted by Gasteiger charge is -2.21. The van der Waals surface area contributed by atoms with E-state index in [9.17, 15) is 19.6 Å². The van der Waals surface area contributed by atoms with Crippen molar-refractivity contribution in [2.75, 3.05) is 16.8 Å². The average molecular weight is 482 g/mol. The van der Waals surface area contributed by atoms with Crippen LogP contribution < -0.4 is 10.2 Å². The van der Waals surface area contributed by atoms with Crippen molar-refractivity contribution in [3.63, 3.8) is 0 Å². The second-order valence-corrected chi connectivity index (χ2v) is 8.04. The first-order valence-corrected chi connectivity index (χ1v) is 11.4. The van der Waals surface area contributed by atoms with Crippen molar-refractivity contribution in [2.45, 2.75) is 19.6 Å². The summed E-state index contributed by atoms with van der Waals surface area (Å²) in [6.07, 6.45) is 1.24. The zero-order chi connectivity index (χ0) is 25.3. The van der Waals surface area contributed by atoms with E-state index < -0.39 is 0 Å². The van der Waals surface area contributed by atoms with E-state index in [-0.39, 0.29) is 19.0 Å². The summed E-state index contributed by atoms with van der Waals surface area (Å²) in [5, 5.41) is 22.2. The molecule has 0 bridgehead atoms. The summed E-state index contributed by atoms with van der Waals surface area (Å²) in [6, 6.07) is 24.5. The van der Waals surface area contributed by atoms with Crippen LogP contribution in [-0.2, 0) is 24.4 Å². The van der Waals surface area contributed by atoms with Crippen LogP contribution >= 0.6 is 0 Å². The van der Waals surface area contributed by atoms with E-state index >= 15 is 0 Å². The summed E-state index contributed by atoms with van der Waals surface area (Å²) in [6.45, 7) is 0.417. The fourth-order valence-electron chi connectivity index (χ4n) is 3.84. The first-order valence-electron chi connectivity index (χ1n) is 11.4. The fourth-order valence-corrected chi connectivity index (χ4v) is 3.84. The maximum atomic E-state index is 13.6. The predicted octanol–water partition coefficient (Wildman–Crippen LogP) is 4.46. The molecule has 0 aliphatic rings. The number of carbonyl (C=O) groups excluding carboxylic acids is 1. The van der Waals surface area contributed by atoms with Crippen LogP contribution in [0.15, 0.2) is 78.9 Å². The number of aliphatic hydroxyl groups is 1. The number of rotatable bonds is 10. The summed E-state index contributed by atoms with van der Waals surface area (Å²) in [4.78, 5) is 22.7. The predicted molar refractivity (Wildman–Crippen MR) is 135 cm³/mol. The third kappa shape index (κ3) is 5.90. The molecule has 0 saturated heterocycles. The Morgan fingerprint density at radius 1 is 1.00 bits per heavy atom. The molecule has 36 heavy (non-hydrogen) atoms. The topological polar surface area (TPSA) is 102 Å². The molecular weight excluding hydrogens is 457 g/mol. The number of amides is 1. The van der Waals surface area contributed by atoms with Crippen LogP contribution in [0.25, 0.3) is 11.3 Å². The highest BCUT2D eigenvalue weighted by Crippen LogP contribution is 2.30. The molecule has 2 aromatic carbocycles. The van der Waals surface area contributed by atoms with E-state index in [1.165, 1.54) is 17.0 Å². The Kier molecular flexibility index (Phi) is 7.96. The smallest absolute Gasteiger partial charge is 0.214 e. The number of aliphatic hydroxyl groups excluding tert-OH is 1. The third-order valence-corrected chi connectivity index (χ3v) is 5.59. The number of carbonyl (C=O) groups is 1. The van der Waals surface area contributed by atoms with E-state index in [2.05, 4.69) is 16.4 Å². The molecule has 7 nitrogen and oxygen atoms in total. The van der Waals surface area contributed by atoms with Gasteiger partial charge in [0.25, 0.3) is 0 Å². The number of halogens is 1. The molecule has 0 fully saturated rings. The molecule has 0 spiro atoms. The first-order chi connectivity index (χ1) is 17.6. The maximum absolute atomic E-state index is 13.6. The number of anilines is 2. The number of aromatic nitrogens is 2. The van der Waals surface area contributed by atoms with Crippen molar-refractivity contribution in [3.05, 3.63) is 107 Å². The zero-order valence-corrected chi connectivity index (χ0v) is 19.4. The van der Waals surface area contributed by atoms with Crippen LogP contribution in [-0.4, -0.2) is 28.0 Å². The van der Waals surface area contributed by atoms with Gasteiger partial charge in [0.1, 0.15) is 5.82 Å². The van der Waals surface area contributed by atoms with Gasteiger partial charge in [-0.15, -0.1) is 0 Å². The van der Waals surface area contributed by atoms with Crippen LogP contribution in [0.4, 0.5) is 15.9 Å². The molecule has 0 aliphatic heterocycles. The van der Waals surface area contributed by atoms with Gasteiger partial charge in [0.05, 0.1) is 47.6 Å². The standard InChI is InChI=1S/C28H24FN5O2/c29-22-7-3-5-20(15-22)13-14-31-28-27(34(19-36)17-23-8-4-9-24(18-35)32-23)12-11-26(33-28)25-10-2-1-6-21(25)16-30/h1-12,15,19,35H,13-14,17-18H2,(H,31,33). The van der Waals surface area contributed by atoms with Gasteiger partial charge in [-0.2, -0.15) is 5.26 Å². The molecule has 1 amide bonds. The number of hydrogen-bond acceptors (Lipinski definition) is 6. The van der Waals surface area contributed by atoms with Crippen molar-refractivity contribution in [3.8, 4) is 17.3 Å². The van der Waals surface area contributed by atoms with Crippen molar-refractivity contribution >= 4 is 17.9 Å². The Morgan fingerprint density at radius 3 is 2.58 bits per heavy atom. The number of nitriles is 1. The van der Waals surface area contributed by atoms with Crippen LogP contribution in [0.5, 0.6) is 0 Å². The molecule has 4 rings (SSSR count). The van der Waals surface area contributed by atoms with E-state index in [1.807, 2.05) is 18.2 Å². The maximum Gasteiger partial charge on any atom is 0.214 e. The molecule has 2 aromatic heterocycles. The van der Waals surface area contributed by atoms with Crippen molar-refractivity contribution in [2.24, 2.45) is 0 Å². The van der Waals surface area contributed by atoms with Crippen molar-refractivity contribution in [1.29, 1.82) is 5.26 Å². The van der Waals surface area contributed by atoms with E-state index in [1.54, 1.807) is 48.5 Å². The lowest BCUT2D eigenvalue weighted by atomic mass is 10.0. The Hall–Kier alpha value is -4.61. The Morgan fingerprint density at radius 2 is 1.81 bits per heavy atom. The molecule has 0 radical (unpaired) electrons. The van der Waals surface area contributed by atoms with Gasteiger partial charge in [0.2, 0.25) is 6.41 Å². The summed E-state index contributed by atoms with van der Waals surface area (Å²) in [5.41, 5.74) is 4.21. The minimum atomic E-state index is -0.300. The summed E-state index contributed by atoms with van der Waals surface area (Å²) in [7, 11) is 0. The summed E-state index contributed by atoms with van der Waals surface area (Å²) < 4.78 is 13.6. The largest absolute Gasteiger partial charge is 0.390 e. The van der Waals surface area contributed by atoms with Crippen LogP contribution in [0.2, 0.25) is 0 Å². The molecule has 0 unspecified atom stereocenters. The Labute approximate surface area is 208 Å². The summed E-state index contributed by atoms with van der Waals surface area (Å²) >= 11 is 0. The van der Waals surface area contributed by atoms with E-state index in [4.69, 9.17) is 4.98 Å². The SMILES string of the molecule is N#Cc1ccccc1-c1ccc(N(C=O)Cc2cccc(CO)n2)c(NCCc2cccc(F)c2)n1. The van der Waals surface area contributed by atoms with Gasteiger partial charge >= 0.3 is 0 Å². The van der Waals surface area contributed by atoms with Gasteiger partial charge in [0, 0.05) is 12.1 Å². The normalized spacial score (nSPS) is 10.5. The fraction of sp³-hybridized carbons (Fsp3) is 0.143. The van der Waals surface area contributed by atoms with Gasteiger partial charge in [-0.25, -0.2) is 9.37 Å². The highest BCUT2D eigenvalue weighted by atomic mass is 19.1. The highest BCUT2D eigenvalue weighted by molar-refractivity contribution is 5.83. The van der Waals surface area contributed by atoms with Gasteiger partial charge in [-0.05, 0) is 54.4 Å². The van der Waals surface area contributed by atoms with Gasteiger partial charge in [-0.1, -0.05) is 36.4 Å². The number of nitrogens with zero attached hydrogens (tertiary/aromatic N) is 4. The highest BCUT2D eigenvalue weighted by Gasteiger charge is 2.16. The molecule has 4 aromatic rings. The van der Waals surface area contributed by atoms with E-state index in [0.29, 0.717) is 59.1 Å². The minimum Gasteiger partial charge on any atom is -0.390 e. The molecule has 0 atom stereocenters. The van der Waals surface area contributed by atoms with Crippen LogP contribution in [0, 0.1) is 17.1 Å². The Bertz CT molecular complexity index is 1400. The lowest BCUT2D eigenvalue weighted by Crippen LogP contribution is -2.23. The average Bonchev–Trinajstić information content (AvgIpc) is 2.92. The Balaban J connectivity index is 1.66. The molecule has 2 heterocycles. The van der Waals surface area contributed by atoms with Crippen LogP contribution in [0.1, 0.15) is 22.5 Å². The number of benzene rings is 2. The second kappa shape index (κ2) is 11.7. The van der Waals surface area contributed by atoms with Gasteiger partial charge in [0.15, 0.2) is 5.82 Å². The zero-order valence-electron chi connectivity index (χ0n) is 19.4. The third-order valence-electron chi connectivity index (χ3n) is 5.59. The van der Waals surface area contributed by atoms with Gasteiger partial charge < -0.3 is 15.3 Å². The molecule has 180 valence electrons. The quantitative estimate of drug-likeness (QED) is 0.324. The summed E-state index contributed by atoms with van der Waals surface area (Å²) in [5.74, 6) is 0.147. The molecule has 0 saturated carbocycles. The molecule has 8 heteroatoms. The van der Waals surface area contributed by atoms with Crippen molar-refractivity contribution < 1.29 is 14.3 Å². The lowest BCUT2D eigenvalue weighted by molar-refractivity contribution is -0.107. The van der Waals surface area contributed by atoms with E-state index in [0.717, 1.165) is 5.56 Å².